The van der Waals surface area contributed by atoms with Crippen LogP contribution in [-0.4, -0.2) is 68.5 Å². The van der Waals surface area contributed by atoms with Gasteiger partial charge in [0, 0.05) is 36.0 Å². The monoisotopic (exact) mass is 498 g/mol. The minimum Gasteiger partial charge on any atom is -0.457 e. The Hall–Kier alpha value is -3.56. The quantitative estimate of drug-likeness (QED) is 0.429. The van der Waals surface area contributed by atoms with Crippen molar-refractivity contribution in [2.24, 2.45) is 5.41 Å². The molecule has 2 fully saturated rings. The van der Waals surface area contributed by atoms with Crippen molar-refractivity contribution in [1.29, 1.82) is 0 Å². The van der Waals surface area contributed by atoms with Crippen molar-refractivity contribution in [3.8, 4) is 0 Å². The lowest BCUT2D eigenvalue weighted by atomic mass is 9.77. The lowest BCUT2D eigenvalue weighted by Crippen LogP contribution is -2.43. The molecule has 0 saturated carbocycles. The predicted octanol–water partition coefficient (Wildman–Crippen LogP) is 3.28. The lowest BCUT2D eigenvalue weighted by molar-refractivity contribution is 0.0534. The van der Waals surface area contributed by atoms with Crippen molar-refractivity contribution in [2.75, 3.05) is 37.6 Å². The van der Waals surface area contributed by atoms with E-state index in [2.05, 4.69) is 38.2 Å². The van der Waals surface area contributed by atoms with Gasteiger partial charge in [-0.05, 0) is 61.9 Å². The van der Waals surface area contributed by atoms with Crippen LogP contribution < -0.4 is 4.90 Å². The smallest absolute Gasteiger partial charge is 0.338 e. The number of hydrogen-bond donors (Lipinski definition) is 1. The number of fused-ring (bicyclic) bond motifs is 4. The summed E-state index contributed by atoms with van der Waals surface area (Å²) < 4.78 is 6.96. The molecule has 2 aromatic carbocycles. The molecule has 0 radical (unpaired) electrons. The predicted molar refractivity (Wildman–Crippen MR) is 138 cm³/mol. The van der Waals surface area contributed by atoms with Crippen LogP contribution in [0.2, 0.25) is 0 Å². The molecule has 4 aromatic rings. The molecule has 0 unspecified atom stereocenters. The second-order valence-electron chi connectivity index (χ2n) is 10.8. The second-order valence-corrected chi connectivity index (χ2v) is 10.8. The van der Waals surface area contributed by atoms with Gasteiger partial charge >= 0.3 is 5.97 Å². The van der Waals surface area contributed by atoms with Crippen LogP contribution in [0.25, 0.3) is 16.4 Å². The Bertz CT molecular complexity index is 1520. The first-order chi connectivity index (χ1) is 18.0. The summed E-state index contributed by atoms with van der Waals surface area (Å²) in [4.78, 5) is 16.7. The summed E-state index contributed by atoms with van der Waals surface area (Å²) in [7, 11) is 0. The fourth-order valence-electron chi connectivity index (χ4n) is 6.55. The van der Waals surface area contributed by atoms with Crippen molar-refractivity contribution >= 4 is 28.2 Å². The van der Waals surface area contributed by atoms with Gasteiger partial charge in [0.05, 0.1) is 11.7 Å². The minimum absolute atomic E-state index is 0.268. The summed E-state index contributed by atoms with van der Waals surface area (Å²) in [6, 6.07) is 12.0. The molecule has 2 saturated heterocycles. The Morgan fingerprint density at radius 1 is 1.08 bits per heavy atom. The van der Waals surface area contributed by atoms with Crippen LogP contribution in [0, 0.1) is 12.3 Å². The number of esters is 1. The number of ether oxygens (including phenoxy) is 1. The zero-order valence-electron chi connectivity index (χ0n) is 20.9. The average molecular weight is 499 g/mol. The van der Waals surface area contributed by atoms with Crippen LogP contribution in [0.1, 0.15) is 52.4 Å². The average Bonchev–Trinajstić information content (AvgIpc) is 3.65. The van der Waals surface area contributed by atoms with E-state index in [0.29, 0.717) is 18.7 Å². The van der Waals surface area contributed by atoms with Crippen LogP contribution >= 0.6 is 0 Å². The van der Waals surface area contributed by atoms with E-state index < -0.39 is 6.10 Å². The van der Waals surface area contributed by atoms with Crippen LogP contribution in [0.4, 0.5) is 5.82 Å². The zero-order valence-corrected chi connectivity index (χ0v) is 20.9. The van der Waals surface area contributed by atoms with Crippen LogP contribution in [0.15, 0.2) is 42.7 Å². The number of benzene rings is 2. The molecule has 0 bridgehead atoms. The van der Waals surface area contributed by atoms with Gasteiger partial charge in [-0.25, -0.2) is 4.79 Å². The van der Waals surface area contributed by atoms with E-state index in [9.17, 15) is 9.90 Å². The van der Waals surface area contributed by atoms with E-state index in [0.717, 1.165) is 84.4 Å². The maximum Gasteiger partial charge on any atom is 0.338 e. The maximum absolute atomic E-state index is 11.9. The third-order valence-electron chi connectivity index (χ3n) is 8.79. The molecule has 3 aliphatic heterocycles. The number of aliphatic hydroxyl groups excluding tert-OH is 1. The van der Waals surface area contributed by atoms with Gasteiger partial charge in [0.15, 0.2) is 11.5 Å². The van der Waals surface area contributed by atoms with Gasteiger partial charge in [0.25, 0.3) is 0 Å². The molecule has 9 heteroatoms. The molecule has 9 nitrogen and oxygen atoms in total. The second kappa shape index (κ2) is 8.49. The molecular weight excluding hydrogens is 468 g/mol. The Kier molecular flexibility index (Phi) is 5.19. The van der Waals surface area contributed by atoms with Gasteiger partial charge in [-0.2, -0.15) is 4.52 Å². The van der Waals surface area contributed by atoms with Crippen molar-refractivity contribution in [3.63, 3.8) is 0 Å². The molecular formula is C28H30N6O3. The Morgan fingerprint density at radius 2 is 1.86 bits per heavy atom. The topological polar surface area (TPSA) is 96.1 Å². The fourth-order valence-corrected chi connectivity index (χ4v) is 6.55. The number of carbonyl (C=O) groups excluding carboxylic acids is 1. The summed E-state index contributed by atoms with van der Waals surface area (Å²) in [6.45, 7) is 6.80. The highest BCUT2D eigenvalue weighted by Crippen LogP contribution is 2.43. The molecule has 3 aliphatic rings. The van der Waals surface area contributed by atoms with Crippen molar-refractivity contribution < 1.29 is 14.6 Å². The first-order valence-electron chi connectivity index (χ1n) is 13.0. The number of aromatic nitrogens is 4. The van der Waals surface area contributed by atoms with E-state index in [1.54, 1.807) is 16.9 Å². The molecule has 1 N–H and O–H groups in total. The van der Waals surface area contributed by atoms with Gasteiger partial charge in [-0.1, -0.05) is 30.3 Å². The lowest BCUT2D eigenvalue weighted by Gasteiger charge is -2.40. The van der Waals surface area contributed by atoms with E-state index in [4.69, 9.17) is 9.84 Å². The first-order valence-corrected chi connectivity index (χ1v) is 13.0. The normalized spacial score (nSPS) is 20.2. The Morgan fingerprint density at radius 3 is 2.70 bits per heavy atom. The van der Waals surface area contributed by atoms with Crippen molar-refractivity contribution in [2.45, 2.75) is 38.9 Å². The van der Waals surface area contributed by atoms with E-state index in [1.807, 2.05) is 19.1 Å². The van der Waals surface area contributed by atoms with Gasteiger partial charge in [0.1, 0.15) is 12.9 Å². The molecule has 5 heterocycles. The number of rotatable bonds is 4. The summed E-state index contributed by atoms with van der Waals surface area (Å²) in [5, 5.41) is 26.5. The van der Waals surface area contributed by atoms with Crippen LogP contribution in [-0.2, 0) is 11.3 Å². The minimum atomic E-state index is -0.582. The van der Waals surface area contributed by atoms with Gasteiger partial charge < -0.3 is 19.6 Å². The van der Waals surface area contributed by atoms with Crippen LogP contribution in [0.5, 0.6) is 0 Å². The summed E-state index contributed by atoms with van der Waals surface area (Å²) >= 11 is 0. The highest BCUT2D eigenvalue weighted by atomic mass is 16.5. The summed E-state index contributed by atoms with van der Waals surface area (Å²) in [6.07, 6.45) is 4.45. The zero-order chi connectivity index (χ0) is 25.1. The maximum atomic E-state index is 11.9. The third kappa shape index (κ3) is 3.67. The van der Waals surface area contributed by atoms with E-state index in [1.165, 1.54) is 0 Å². The number of aliphatic hydroxyl groups is 1. The number of cyclic esters (lactones) is 1. The largest absolute Gasteiger partial charge is 0.457 e. The first kappa shape index (κ1) is 22.6. The fraction of sp³-hybridized carbons (Fsp3) is 0.429. The van der Waals surface area contributed by atoms with Crippen LogP contribution in [0.3, 0.4) is 0 Å². The van der Waals surface area contributed by atoms with Gasteiger partial charge in [-0.15, -0.1) is 15.3 Å². The standard InChI is InChI=1S/C28H30N6O3/c1-18-19(6-7-22-23(18)15-37-27(22)36)24(35)14-32-11-8-28(9-12-32)10-13-33(16-28)26-21-5-3-2-4-20(21)25-30-29-17-34(25)31-26/h2-7,17,24,35H,8-16H2,1H3/t24-/m0/s1. The molecule has 0 aliphatic carbocycles. The highest BCUT2D eigenvalue weighted by Gasteiger charge is 2.42. The SMILES string of the molecule is Cc1c([C@@H](O)CN2CCC3(CC2)CCN(c2nn4cnnc4c4ccccc24)C3)ccc2c1COC2=O. The van der Waals surface area contributed by atoms with Gasteiger partial charge in [0.2, 0.25) is 0 Å². The molecule has 37 heavy (non-hydrogen) atoms. The molecule has 190 valence electrons. The molecule has 1 atom stereocenters. The summed E-state index contributed by atoms with van der Waals surface area (Å²) in [5.41, 5.74) is 4.47. The molecule has 0 amide bonds. The summed E-state index contributed by atoms with van der Waals surface area (Å²) in [5.74, 6) is 0.739. The Labute approximate surface area is 214 Å². The number of likely N-dealkylation sites (tertiary alicyclic amines) is 1. The molecule has 7 rings (SSSR count). The van der Waals surface area contributed by atoms with Crippen molar-refractivity contribution in [1.82, 2.24) is 24.7 Å². The van der Waals surface area contributed by atoms with Crippen molar-refractivity contribution in [3.05, 3.63) is 65.0 Å². The number of β-amino-alcohol motifs (C(OH)–C–C–N with tert-alkyl or cyclic N) is 1. The number of anilines is 1. The number of hydrogen-bond acceptors (Lipinski definition) is 8. The number of nitrogens with zero attached hydrogens (tertiary/aromatic N) is 6. The third-order valence-corrected chi connectivity index (χ3v) is 8.79. The van der Waals surface area contributed by atoms with Gasteiger partial charge in [-0.3, -0.25) is 0 Å². The number of carbonyl (C=O) groups is 1. The highest BCUT2D eigenvalue weighted by molar-refractivity contribution is 6.00. The Balaban J connectivity index is 1.04. The molecule has 2 aromatic heterocycles. The molecule has 1 spiro atoms. The van der Waals surface area contributed by atoms with E-state index in [-0.39, 0.29) is 11.4 Å². The number of piperidine rings is 1. The van der Waals surface area contributed by atoms with E-state index >= 15 is 0 Å².